The van der Waals surface area contributed by atoms with Crippen molar-refractivity contribution in [2.45, 2.75) is 33.2 Å². The molecular weight excluding hydrogens is 366 g/mol. The minimum absolute atomic E-state index is 0.0674. The Bertz CT molecular complexity index is 960. The first-order valence-corrected chi connectivity index (χ1v) is 10.0. The summed E-state index contributed by atoms with van der Waals surface area (Å²) < 4.78 is 17.2. The maximum absolute atomic E-state index is 13.1. The number of methoxy groups -OCH3 is 1. The number of fused-ring (bicyclic) bond motifs is 3. The van der Waals surface area contributed by atoms with Crippen molar-refractivity contribution in [3.63, 3.8) is 0 Å². The van der Waals surface area contributed by atoms with Crippen LogP contribution < -0.4 is 9.47 Å². The van der Waals surface area contributed by atoms with E-state index >= 15 is 0 Å². The monoisotopic (exact) mass is 393 g/mol. The van der Waals surface area contributed by atoms with Gasteiger partial charge in [-0.25, -0.2) is 0 Å². The predicted molar refractivity (Wildman–Crippen MR) is 112 cm³/mol. The largest absolute Gasteiger partial charge is 0.478 e. The Morgan fingerprint density at radius 3 is 2.69 bits per heavy atom. The highest BCUT2D eigenvalue weighted by Crippen LogP contribution is 2.44. The molecule has 0 spiro atoms. The van der Waals surface area contributed by atoms with E-state index < -0.39 is 0 Å². The average molecular weight is 393 g/mol. The summed E-state index contributed by atoms with van der Waals surface area (Å²) in [6, 6.07) is 10.2. The summed E-state index contributed by atoms with van der Waals surface area (Å²) in [6.45, 7) is 8.83. The molecular formula is C24H27NO4. The number of hydrogen-bond acceptors (Lipinski definition) is 5. The Balaban J connectivity index is 1.65. The maximum Gasteiger partial charge on any atom is 0.232 e. The first-order chi connectivity index (χ1) is 14.0. The van der Waals surface area contributed by atoms with Crippen molar-refractivity contribution in [2.75, 3.05) is 27.0 Å². The first kappa shape index (κ1) is 19.7. The van der Waals surface area contributed by atoms with Gasteiger partial charge >= 0.3 is 0 Å². The highest BCUT2D eigenvalue weighted by atomic mass is 16.5. The molecule has 0 saturated heterocycles. The first-order valence-electron chi connectivity index (χ1n) is 10.0. The van der Waals surface area contributed by atoms with Crippen LogP contribution in [0.5, 0.6) is 11.5 Å². The molecule has 0 unspecified atom stereocenters. The Labute approximate surface area is 171 Å². The fraction of sp³-hybridized carbons (Fsp3) is 0.375. The number of benzene rings is 2. The number of aryl methyl sites for hydroxylation is 1. The van der Waals surface area contributed by atoms with Gasteiger partial charge in [0.2, 0.25) is 5.78 Å². The minimum atomic E-state index is -0.0674. The van der Waals surface area contributed by atoms with Gasteiger partial charge in [-0.3, -0.25) is 9.69 Å². The number of carbonyl (C=O) groups is 1. The Kier molecular flexibility index (Phi) is 5.43. The molecule has 2 aromatic rings. The van der Waals surface area contributed by atoms with Crippen molar-refractivity contribution < 1.29 is 19.0 Å². The molecule has 2 aliphatic rings. The zero-order valence-electron chi connectivity index (χ0n) is 17.5. The van der Waals surface area contributed by atoms with Gasteiger partial charge in [0.1, 0.15) is 18.2 Å². The Morgan fingerprint density at radius 1 is 1.24 bits per heavy atom. The number of nitrogens with zero attached hydrogens (tertiary/aromatic N) is 1. The van der Waals surface area contributed by atoms with Crippen LogP contribution in [0.3, 0.4) is 0 Å². The van der Waals surface area contributed by atoms with E-state index in [4.69, 9.17) is 14.2 Å². The highest BCUT2D eigenvalue weighted by molar-refractivity contribution is 6.15. The zero-order valence-corrected chi connectivity index (χ0v) is 17.5. The molecule has 0 atom stereocenters. The molecule has 0 aromatic heterocycles. The average Bonchev–Trinajstić information content (AvgIpc) is 3.04. The predicted octanol–water partition coefficient (Wildman–Crippen LogP) is 4.53. The Morgan fingerprint density at radius 2 is 2.00 bits per heavy atom. The van der Waals surface area contributed by atoms with Crippen LogP contribution in [0.1, 0.15) is 52.4 Å². The molecule has 2 aliphatic heterocycles. The third-order valence-electron chi connectivity index (χ3n) is 5.50. The number of Topliss-reactive ketones (excluding diaryl/α,β-unsaturated/α-hetero) is 1. The van der Waals surface area contributed by atoms with Crippen LogP contribution in [0.15, 0.2) is 36.1 Å². The fourth-order valence-electron chi connectivity index (χ4n) is 3.77. The van der Waals surface area contributed by atoms with Crippen LogP contribution in [0.4, 0.5) is 0 Å². The van der Waals surface area contributed by atoms with Crippen molar-refractivity contribution in [1.29, 1.82) is 0 Å². The molecule has 0 aliphatic carbocycles. The van der Waals surface area contributed by atoms with Crippen LogP contribution in [0, 0.1) is 6.92 Å². The second-order valence-corrected chi connectivity index (χ2v) is 7.95. The van der Waals surface area contributed by atoms with E-state index in [9.17, 15) is 4.79 Å². The van der Waals surface area contributed by atoms with Gasteiger partial charge in [0, 0.05) is 20.2 Å². The molecule has 0 amide bonds. The van der Waals surface area contributed by atoms with E-state index in [0.29, 0.717) is 42.9 Å². The Hall–Kier alpha value is -2.63. The summed E-state index contributed by atoms with van der Waals surface area (Å²) in [7, 11) is 1.69. The lowest BCUT2D eigenvalue weighted by molar-refractivity contribution is 0.0646. The topological polar surface area (TPSA) is 48.0 Å². The minimum Gasteiger partial charge on any atom is -0.478 e. The molecule has 0 bridgehead atoms. The standard InChI is InChI=1S/C24H27NO4/c1-15(2)18-7-5-17(6-8-18)12-21-23(26)22-16(3)11-20-19(24(22)29-21)13-25(14-28-20)9-10-27-4/h5-8,11-12,15H,9-10,13-14H2,1-4H3/b21-12-. The van der Waals surface area contributed by atoms with Gasteiger partial charge in [-0.1, -0.05) is 38.1 Å². The molecule has 5 nitrogen and oxygen atoms in total. The number of rotatable bonds is 5. The highest BCUT2D eigenvalue weighted by Gasteiger charge is 2.35. The van der Waals surface area contributed by atoms with Gasteiger partial charge in [-0.2, -0.15) is 0 Å². The lowest BCUT2D eigenvalue weighted by Gasteiger charge is -2.29. The van der Waals surface area contributed by atoms with Crippen molar-refractivity contribution >= 4 is 11.9 Å². The summed E-state index contributed by atoms with van der Waals surface area (Å²) in [5.41, 5.74) is 4.68. The number of ketones is 1. The summed E-state index contributed by atoms with van der Waals surface area (Å²) in [5.74, 6) is 2.20. The van der Waals surface area contributed by atoms with Crippen molar-refractivity contribution in [2.24, 2.45) is 0 Å². The van der Waals surface area contributed by atoms with Gasteiger partial charge in [-0.15, -0.1) is 0 Å². The lowest BCUT2D eigenvalue weighted by atomic mass is 9.98. The molecule has 2 heterocycles. The molecule has 2 aromatic carbocycles. The van der Waals surface area contributed by atoms with E-state index in [2.05, 4.69) is 30.9 Å². The van der Waals surface area contributed by atoms with Crippen LogP contribution in [0.25, 0.3) is 6.08 Å². The summed E-state index contributed by atoms with van der Waals surface area (Å²) in [5, 5.41) is 0. The van der Waals surface area contributed by atoms with Gasteiger partial charge in [-0.05, 0) is 41.7 Å². The second kappa shape index (κ2) is 8.01. The summed E-state index contributed by atoms with van der Waals surface area (Å²) in [4.78, 5) is 15.2. The smallest absolute Gasteiger partial charge is 0.232 e. The molecule has 29 heavy (non-hydrogen) atoms. The molecule has 5 heteroatoms. The van der Waals surface area contributed by atoms with Gasteiger partial charge in [0.15, 0.2) is 5.76 Å². The molecule has 4 rings (SSSR count). The van der Waals surface area contributed by atoms with Crippen molar-refractivity contribution in [3.8, 4) is 11.5 Å². The number of ether oxygens (including phenoxy) is 3. The van der Waals surface area contributed by atoms with E-state index in [1.54, 1.807) is 7.11 Å². The third-order valence-corrected chi connectivity index (χ3v) is 5.50. The van der Waals surface area contributed by atoms with Gasteiger partial charge in [0.25, 0.3) is 0 Å². The quantitative estimate of drug-likeness (QED) is 0.699. The SMILES string of the molecule is COCCN1COc2cc(C)c3c(c2C1)O/C(=C\c1ccc(C(C)C)cc1)C3=O. The number of allylic oxidation sites excluding steroid dienone is 1. The fourth-order valence-corrected chi connectivity index (χ4v) is 3.77. The number of hydrogen-bond donors (Lipinski definition) is 0. The van der Waals surface area contributed by atoms with Gasteiger partial charge < -0.3 is 14.2 Å². The zero-order chi connectivity index (χ0) is 20.5. The van der Waals surface area contributed by atoms with Crippen molar-refractivity contribution in [1.82, 2.24) is 4.90 Å². The van der Waals surface area contributed by atoms with Gasteiger partial charge in [0.05, 0.1) is 17.7 Å². The van der Waals surface area contributed by atoms with E-state index in [-0.39, 0.29) is 5.78 Å². The van der Waals surface area contributed by atoms with E-state index in [1.807, 2.05) is 31.2 Å². The van der Waals surface area contributed by atoms with Crippen LogP contribution in [0.2, 0.25) is 0 Å². The lowest BCUT2D eigenvalue weighted by Crippen LogP contribution is -2.34. The van der Waals surface area contributed by atoms with E-state index in [0.717, 1.165) is 29.0 Å². The molecule has 0 N–H and O–H groups in total. The molecule has 0 fully saturated rings. The van der Waals surface area contributed by atoms with Crippen LogP contribution in [-0.4, -0.2) is 37.7 Å². The van der Waals surface area contributed by atoms with E-state index in [1.165, 1.54) is 5.56 Å². The second-order valence-electron chi connectivity index (χ2n) is 7.95. The molecule has 152 valence electrons. The van der Waals surface area contributed by atoms with Crippen LogP contribution in [-0.2, 0) is 11.3 Å². The number of carbonyl (C=O) groups excluding carboxylic acids is 1. The maximum atomic E-state index is 13.1. The molecule has 0 saturated carbocycles. The summed E-state index contributed by atoms with van der Waals surface area (Å²) >= 11 is 0. The molecule has 0 radical (unpaired) electrons. The summed E-state index contributed by atoms with van der Waals surface area (Å²) in [6.07, 6.45) is 1.82. The van der Waals surface area contributed by atoms with Crippen molar-refractivity contribution in [3.05, 3.63) is 63.9 Å². The normalized spacial score (nSPS) is 17.3. The van der Waals surface area contributed by atoms with Crippen LogP contribution >= 0.6 is 0 Å². The third kappa shape index (κ3) is 3.80.